The molecule has 4 amide bonds. The monoisotopic (exact) mass is 385 g/mol. The molecule has 1 saturated heterocycles. The van der Waals surface area contributed by atoms with Crippen molar-refractivity contribution < 1.29 is 14.4 Å². The summed E-state index contributed by atoms with van der Waals surface area (Å²) in [4.78, 5) is 38.2. The first kappa shape index (κ1) is 18.9. The van der Waals surface area contributed by atoms with Crippen LogP contribution in [0.1, 0.15) is 18.1 Å². The summed E-state index contributed by atoms with van der Waals surface area (Å²) in [6.07, 6.45) is 0.671. The Morgan fingerprint density at radius 3 is 2.48 bits per heavy atom. The van der Waals surface area contributed by atoms with Crippen molar-refractivity contribution in [3.8, 4) is 0 Å². The topological polar surface area (TPSA) is 78.5 Å². The first-order valence-corrected chi connectivity index (χ1v) is 8.99. The molecule has 0 aromatic heterocycles. The van der Waals surface area contributed by atoms with Gasteiger partial charge in [0.2, 0.25) is 5.91 Å². The van der Waals surface area contributed by atoms with Gasteiger partial charge in [0.05, 0.1) is 0 Å². The van der Waals surface area contributed by atoms with Crippen LogP contribution < -0.4 is 10.6 Å². The van der Waals surface area contributed by atoms with E-state index < -0.39 is 23.4 Å². The number of hydrogen-bond acceptors (Lipinski definition) is 3. The second kappa shape index (κ2) is 7.80. The molecule has 0 unspecified atom stereocenters. The molecule has 0 spiro atoms. The Labute approximate surface area is 162 Å². The standard InChI is InChI=1S/C20H20ClN3O3/c1-20(15-9-5-6-10-16(15)21)18(26)24(19(27)23-20)13-17(25)22-12-11-14-7-3-2-4-8-14/h2-10H,11-13H2,1H3,(H,22,25)(H,23,27)/t20-/m0/s1. The van der Waals surface area contributed by atoms with Gasteiger partial charge in [0.25, 0.3) is 5.91 Å². The van der Waals surface area contributed by atoms with Crippen LogP contribution in [0.4, 0.5) is 4.79 Å². The number of rotatable bonds is 6. The summed E-state index contributed by atoms with van der Waals surface area (Å²) in [5.41, 5.74) is 0.302. The molecule has 0 saturated carbocycles. The molecule has 2 aromatic carbocycles. The number of carbonyl (C=O) groups excluding carboxylic acids is 3. The summed E-state index contributed by atoms with van der Waals surface area (Å²) in [6.45, 7) is 1.68. The molecule has 2 N–H and O–H groups in total. The molecular weight excluding hydrogens is 366 g/mol. The minimum absolute atomic E-state index is 0.334. The van der Waals surface area contributed by atoms with Crippen molar-refractivity contribution in [1.82, 2.24) is 15.5 Å². The first-order chi connectivity index (χ1) is 12.9. The van der Waals surface area contributed by atoms with Crippen molar-refractivity contribution in [3.05, 3.63) is 70.7 Å². The quantitative estimate of drug-likeness (QED) is 0.750. The third kappa shape index (κ3) is 3.95. The van der Waals surface area contributed by atoms with E-state index in [2.05, 4.69) is 10.6 Å². The molecule has 1 heterocycles. The highest BCUT2D eigenvalue weighted by Crippen LogP contribution is 2.33. The molecule has 0 bridgehead atoms. The summed E-state index contributed by atoms with van der Waals surface area (Å²) in [5.74, 6) is -0.892. The largest absolute Gasteiger partial charge is 0.354 e. The number of nitrogens with zero attached hydrogens (tertiary/aromatic N) is 1. The number of imide groups is 1. The average Bonchev–Trinajstić information content (AvgIpc) is 2.87. The molecule has 1 aliphatic heterocycles. The van der Waals surface area contributed by atoms with E-state index in [0.29, 0.717) is 23.6 Å². The highest BCUT2D eigenvalue weighted by Gasteiger charge is 2.50. The molecule has 1 atom stereocenters. The van der Waals surface area contributed by atoms with E-state index in [0.717, 1.165) is 10.5 Å². The summed E-state index contributed by atoms with van der Waals surface area (Å²) in [5, 5.41) is 5.76. The molecular formula is C20H20ClN3O3. The van der Waals surface area contributed by atoms with Gasteiger partial charge in [0, 0.05) is 17.1 Å². The van der Waals surface area contributed by atoms with Crippen molar-refractivity contribution in [2.45, 2.75) is 18.9 Å². The number of nitrogens with one attached hydrogen (secondary N) is 2. The van der Waals surface area contributed by atoms with Crippen LogP contribution in [-0.4, -0.2) is 35.8 Å². The van der Waals surface area contributed by atoms with E-state index in [1.165, 1.54) is 0 Å². The molecule has 0 aliphatic carbocycles. The summed E-state index contributed by atoms with van der Waals surface area (Å²) >= 11 is 6.19. The minimum Gasteiger partial charge on any atom is -0.354 e. The summed E-state index contributed by atoms with van der Waals surface area (Å²) in [7, 11) is 0. The molecule has 1 aliphatic rings. The fourth-order valence-corrected chi connectivity index (χ4v) is 3.40. The Morgan fingerprint density at radius 1 is 1.11 bits per heavy atom. The maximum absolute atomic E-state index is 12.8. The Morgan fingerprint density at radius 2 is 1.78 bits per heavy atom. The smallest absolute Gasteiger partial charge is 0.325 e. The molecule has 2 aromatic rings. The van der Waals surface area contributed by atoms with Gasteiger partial charge in [-0.05, 0) is 25.0 Å². The fourth-order valence-electron chi connectivity index (χ4n) is 3.08. The molecule has 6 nitrogen and oxygen atoms in total. The third-order valence-corrected chi connectivity index (χ3v) is 4.90. The van der Waals surface area contributed by atoms with Crippen LogP contribution in [0, 0.1) is 0 Å². The first-order valence-electron chi connectivity index (χ1n) is 8.61. The lowest BCUT2D eigenvalue weighted by molar-refractivity contribution is -0.134. The Kier molecular flexibility index (Phi) is 5.46. The van der Waals surface area contributed by atoms with Crippen molar-refractivity contribution in [2.75, 3.05) is 13.1 Å². The zero-order valence-electron chi connectivity index (χ0n) is 14.9. The van der Waals surface area contributed by atoms with Crippen LogP contribution in [0.25, 0.3) is 0 Å². The summed E-state index contributed by atoms with van der Waals surface area (Å²) < 4.78 is 0. The van der Waals surface area contributed by atoms with Crippen LogP contribution in [0.3, 0.4) is 0 Å². The van der Waals surface area contributed by atoms with Gasteiger partial charge in [-0.25, -0.2) is 4.79 Å². The van der Waals surface area contributed by atoms with Gasteiger partial charge in [0.1, 0.15) is 12.1 Å². The Bertz CT molecular complexity index is 872. The zero-order chi connectivity index (χ0) is 19.4. The van der Waals surface area contributed by atoms with Gasteiger partial charge in [-0.3, -0.25) is 14.5 Å². The minimum atomic E-state index is -1.29. The summed E-state index contributed by atoms with van der Waals surface area (Å²) in [6, 6.07) is 15.9. The van der Waals surface area contributed by atoms with E-state index in [1.54, 1.807) is 31.2 Å². The molecule has 0 radical (unpaired) electrons. The van der Waals surface area contributed by atoms with E-state index >= 15 is 0 Å². The molecule has 140 valence electrons. The SMILES string of the molecule is C[C@@]1(c2ccccc2Cl)NC(=O)N(CC(=O)NCCc2ccccc2)C1=O. The van der Waals surface area contributed by atoms with Crippen LogP contribution >= 0.6 is 11.6 Å². The van der Waals surface area contributed by atoms with Crippen molar-refractivity contribution in [2.24, 2.45) is 0 Å². The maximum Gasteiger partial charge on any atom is 0.325 e. The van der Waals surface area contributed by atoms with Crippen molar-refractivity contribution in [1.29, 1.82) is 0 Å². The van der Waals surface area contributed by atoms with Crippen molar-refractivity contribution in [3.63, 3.8) is 0 Å². The lowest BCUT2D eigenvalue weighted by atomic mass is 9.92. The van der Waals surface area contributed by atoms with Gasteiger partial charge in [-0.1, -0.05) is 60.1 Å². The number of urea groups is 1. The van der Waals surface area contributed by atoms with Crippen molar-refractivity contribution >= 4 is 29.4 Å². The van der Waals surface area contributed by atoms with Crippen LogP contribution in [0.2, 0.25) is 5.02 Å². The second-order valence-electron chi connectivity index (χ2n) is 6.51. The number of carbonyl (C=O) groups is 3. The average molecular weight is 386 g/mol. The molecule has 1 fully saturated rings. The molecule has 7 heteroatoms. The zero-order valence-corrected chi connectivity index (χ0v) is 15.6. The Balaban J connectivity index is 1.62. The molecule has 3 rings (SSSR count). The highest BCUT2D eigenvalue weighted by molar-refractivity contribution is 6.32. The fraction of sp³-hybridized carbons (Fsp3) is 0.250. The van der Waals surface area contributed by atoms with Gasteiger partial charge in [0.15, 0.2) is 0 Å². The molecule has 27 heavy (non-hydrogen) atoms. The van der Waals surface area contributed by atoms with Gasteiger partial charge in [-0.15, -0.1) is 0 Å². The third-order valence-electron chi connectivity index (χ3n) is 4.57. The maximum atomic E-state index is 12.8. The van der Waals surface area contributed by atoms with Crippen LogP contribution in [-0.2, 0) is 21.5 Å². The second-order valence-corrected chi connectivity index (χ2v) is 6.92. The van der Waals surface area contributed by atoms with E-state index in [1.807, 2.05) is 30.3 Å². The lowest BCUT2D eigenvalue weighted by Gasteiger charge is -2.23. The van der Waals surface area contributed by atoms with Gasteiger partial charge < -0.3 is 10.6 Å². The highest BCUT2D eigenvalue weighted by atomic mass is 35.5. The Hall–Kier alpha value is -2.86. The van der Waals surface area contributed by atoms with Crippen LogP contribution in [0.15, 0.2) is 54.6 Å². The lowest BCUT2D eigenvalue weighted by Crippen LogP contribution is -2.43. The number of hydrogen-bond donors (Lipinski definition) is 2. The van der Waals surface area contributed by atoms with Crippen LogP contribution in [0.5, 0.6) is 0 Å². The predicted molar refractivity (Wildman–Crippen MR) is 102 cm³/mol. The number of halogens is 1. The van der Waals surface area contributed by atoms with Gasteiger partial charge in [-0.2, -0.15) is 0 Å². The normalized spacial score (nSPS) is 19.1. The van der Waals surface area contributed by atoms with E-state index in [9.17, 15) is 14.4 Å². The van der Waals surface area contributed by atoms with E-state index in [-0.39, 0.29) is 6.54 Å². The van der Waals surface area contributed by atoms with Gasteiger partial charge >= 0.3 is 6.03 Å². The predicted octanol–water partition coefficient (Wildman–Crippen LogP) is 2.47. The number of amides is 4. The van der Waals surface area contributed by atoms with E-state index in [4.69, 9.17) is 11.6 Å². The number of benzene rings is 2.